The van der Waals surface area contributed by atoms with Gasteiger partial charge in [0.05, 0.1) is 5.69 Å². The predicted molar refractivity (Wildman–Crippen MR) is 129 cm³/mol. The van der Waals surface area contributed by atoms with Gasteiger partial charge in [-0.05, 0) is 50.5 Å². The molecule has 2 fully saturated rings. The normalized spacial score (nSPS) is 19.2. The fourth-order valence-corrected chi connectivity index (χ4v) is 5.10. The van der Waals surface area contributed by atoms with Crippen LogP contribution in [-0.2, 0) is 17.6 Å². The maximum Gasteiger partial charge on any atom is 0.260 e. The maximum absolute atomic E-state index is 12.9. The van der Waals surface area contributed by atoms with Crippen molar-refractivity contribution in [2.45, 2.75) is 45.1 Å². The summed E-state index contributed by atoms with van der Waals surface area (Å²) in [6, 6.07) is 7.69. The molecule has 1 aromatic carbocycles. The molecule has 2 aromatic rings. The van der Waals surface area contributed by atoms with E-state index in [0.717, 1.165) is 56.6 Å². The van der Waals surface area contributed by atoms with Crippen LogP contribution in [0, 0.1) is 0 Å². The number of ketones is 1. The van der Waals surface area contributed by atoms with E-state index in [9.17, 15) is 9.59 Å². The number of anilines is 1. The Morgan fingerprint density at radius 2 is 1.71 bits per heavy atom. The van der Waals surface area contributed by atoms with Gasteiger partial charge in [0.2, 0.25) is 0 Å². The summed E-state index contributed by atoms with van der Waals surface area (Å²) in [5, 5.41) is 0. The third-order valence-electron chi connectivity index (χ3n) is 7.44. The highest BCUT2D eigenvalue weighted by molar-refractivity contribution is 5.94. The monoisotopic (exact) mass is 463 g/mol. The summed E-state index contributed by atoms with van der Waals surface area (Å²) in [5.74, 6) is 1.61. The van der Waals surface area contributed by atoms with Crippen LogP contribution in [0.4, 0.5) is 5.82 Å². The zero-order valence-corrected chi connectivity index (χ0v) is 19.9. The Kier molecular flexibility index (Phi) is 6.76. The van der Waals surface area contributed by atoms with Crippen LogP contribution in [0.5, 0.6) is 5.75 Å². The fourth-order valence-electron chi connectivity index (χ4n) is 5.10. The predicted octanol–water partition coefficient (Wildman–Crippen LogP) is 2.36. The van der Waals surface area contributed by atoms with Crippen molar-refractivity contribution in [1.82, 2.24) is 19.8 Å². The van der Waals surface area contributed by atoms with Gasteiger partial charge in [0, 0.05) is 62.9 Å². The van der Waals surface area contributed by atoms with E-state index in [-0.39, 0.29) is 18.3 Å². The molecule has 0 spiro atoms. The van der Waals surface area contributed by atoms with Crippen LogP contribution >= 0.6 is 0 Å². The molecule has 34 heavy (non-hydrogen) atoms. The number of rotatable bonds is 6. The molecule has 0 bridgehead atoms. The molecule has 3 aliphatic rings. The number of ether oxygens (including phenoxy) is 1. The standard InChI is InChI=1S/C26H33N5O3/c1-19(32)20-5-7-22(8-6-20)34-17-25(33)30-11-9-23-24(10-12-30)27-18-28-26(23)31-15-13-29(14-16-31)21-3-2-4-21/h5-8,18,21H,2-4,9-17H2,1H3. The van der Waals surface area contributed by atoms with Crippen LogP contribution in [0.2, 0.25) is 0 Å². The summed E-state index contributed by atoms with van der Waals surface area (Å²) in [5.41, 5.74) is 2.88. The number of fused-ring (bicyclic) bond motifs is 1. The molecule has 0 N–H and O–H groups in total. The lowest BCUT2D eigenvalue weighted by Crippen LogP contribution is -2.52. The van der Waals surface area contributed by atoms with Crippen molar-refractivity contribution in [3.8, 4) is 5.75 Å². The van der Waals surface area contributed by atoms with Crippen molar-refractivity contribution in [1.29, 1.82) is 0 Å². The summed E-state index contributed by atoms with van der Waals surface area (Å²) in [6.45, 7) is 6.97. The van der Waals surface area contributed by atoms with E-state index in [1.54, 1.807) is 30.6 Å². The van der Waals surface area contributed by atoms with Crippen molar-refractivity contribution in [2.75, 3.05) is 50.8 Å². The number of amides is 1. The van der Waals surface area contributed by atoms with Crippen molar-refractivity contribution < 1.29 is 14.3 Å². The minimum atomic E-state index is -0.0351. The quantitative estimate of drug-likeness (QED) is 0.609. The Hall–Kier alpha value is -3.00. The van der Waals surface area contributed by atoms with Crippen molar-refractivity contribution in [2.24, 2.45) is 0 Å². The molecule has 0 atom stereocenters. The van der Waals surface area contributed by atoms with E-state index >= 15 is 0 Å². The topological polar surface area (TPSA) is 78.9 Å². The number of carbonyl (C=O) groups excluding carboxylic acids is 2. The summed E-state index contributed by atoms with van der Waals surface area (Å²) < 4.78 is 5.69. The SMILES string of the molecule is CC(=O)c1ccc(OCC(=O)N2CCc3ncnc(N4CCN(C5CCC5)CC4)c3CC2)cc1. The molecule has 1 saturated heterocycles. The lowest BCUT2D eigenvalue weighted by molar-refractivity contribution is -0.133. The zero-order chi connectivity index (χ0) is 23.5. The maximum atomic E-state index is 12.9. The molecule has 180 valence electrons. The Labute approximate surface area is 200 Å². The third kappa shape index (κ3) is 4.92. The number of Topliss-reactive ketones (excluding diaryl/α,β-unsaturated/α-hetero) is 1. The largest absolute Gasteiger partial charge is 0.484 e. The van der Waals surface area contributed by atoms with Crippen molar-refractivity contribution in [3.63, 3.8) is 0 Å². The van der Waals surface area contributed by atoms with Crippen LogP contribution in [-0.4, -0.2) is 83.4 Å². The second-order valence-corrected chi connectivity index (χ2v) is 9.48. The Balaban J connectivity index is 1.18. The molecule has 8 heteroatoms. The molecule has 8 nitrogen and oxygen atoms in total. The molecule has 0 unspecified atom stereocenters. The van der Waals surface area contributed by atoms with Crippen molar-refractivity contribution in [3.05, 3.63) is 47.4 Å². The van der Waals surface area contributed by atoms with Crippen molar-refractivity contribution >= 4 is 17.5 Å². The van der Waals surface area contributed by atoms with E-state index in [1.165, 1.54) is 31.7 Å². The number of nitrogens with zero attached hydrogens (tertiary/aromatic N) is 5. The summed E-state index contributed by atoms with van der Waals surface area (Å²) >= 11 is 0. The van der Waals surface area contributed by atoms with Gasteiger partial charge in [0.25, 0.3) is 5.91 Å². The van der Waals surface area contributed by atoms with E-state index in [0.29, 0.717) is 24.4 Å². The number of piperazine rings is 1. The molecule has 5 rings (SSSR count). The van der Waals surface area contributed by atoms with Crippen LogP contribution < -0.4 is 9.64 Å². The fraction of sp³-hybridized carbons (Fsp3) is 0.538. The lowest BCUT2D eigenvalue weighted by atomic mass is 9.91. The molecule has 1 amide bonds. The van der Waals surface area contributed by atoms with Gasteiger partial charge in [0.1, 0.15) is 17.9 Å². The summed E-state index contributed by atoms with van der Waals surface area (Å²) in [7, 11) is 0. The van der Waals surface area contributed by atoms with Gasteiger partial charge in [-0.2, -0.15) is 0 Å². The van der Waals surface area contributed by atoms with Crippen LogP contribution in [0.15, 0.2) is 30.6 Å². The Bertz CT molecular complexity index is 1030. The first-order valence-corrected chi connectivity index (χ1v) is 12.4. The van der Waals surface area contributed by atoms with Gasteiger partial charge >= 0.3 is 0 Å². The molecule has 0 radical (unpaired) electrons. The number of hydrogen-bond donors (Lipinski definition) is 0. The molecular formula is C26H33N5O3. The molecule has 1 aliphatic carbocycles. The van der Waals surface area contributed by atoms with Gasteiger partial charge in [-0.15, -0.1) is 0 Å². The third-order valence-corrected chi connectivity index (χ3v) is 7.44. The summed E-state index contributed by atoms with van der Waals surface area (Å²) in [6.07, 6.45) is 7.23. The van der Waals surface area contributed by atoms with Crippen LogP contribution in [0.1, 0.15) is 47.8 Å². The highest BCUT2D eigenvalue weighted by Gasteiger charge is 2.30. The smallest absolute Gasteiger partial charge is 0.260 e. The van der Waals surface area contributed by atoms with E-state index in [4.69, 9.17) is 4.74 Å². The first-order chi connectivity index (χ1) is 16.6. The minimum absolute atomic E-state index is 0.00877. The molecule has 1 saturated carbocycles. The van der Waals surface area contributed by atoms with Crippen LogP contribution in [0.25, 0.3) is 0 Å². The average molecular weight is 464 g/mol. The second kappa shape index (κ2) is 10.1. The highest BCUT2D eigenvalue weighted by atomic mass is 16.5. The van der Waals surface area contributed by atoms with Gasteiger partial charge in [-0.25, -0.2) is 9.97 Å². The molecule has 3 heterocycles. The lowest BCUT2D eigenvalue weighted by Gasteiger charge is -2.43. The molecule has 1 aromatic heterocycles. The van der Waals surface area contributed by atoms with Gasteiger partial charge in [-0.3, -0.25) is 14.5 Å². The number of carbonyl (C=O) groups is 2. The Morgan fingerprint density at radius 1 is 0.971 bits per heavy atom. The van der Waals surface area contributed by atoms with Gasteiger partial charge < -0.3 is 14.5 Å². The average Bonchev–Trinajstić information content (AvgIpc) is 3.05. The van der Waals surface area contributed by atoms with Gasteiger partial charge in [0.15, 0.2) is 12.4 Å². The first-order valence-electron chi connectivity index (χ1n) is 12.4. The molecule has 2 aliphatic heterocycles. The van der Waals surface area contributed by atoms with E-state index in [2.05, 4.69) is 19.8 Å². The summed E-state index contributed by atoms with van der Waals surface area (Å²) in [4.78, 5) is 40.4. The second-order valence-electron chi connectivity index (χ2n) is 9.48. The van der Waals surface area contributed by atoms with E-state index < -0.39 is 0 Å². The first kappa shape index (κ1) is 22.8. The number of hydrogen-bond acceptors (Lipinski definition) is 7. The highest BCUT2D eigenvalue weighted by Crippen LogP contribution is 2.28. The number of aromatic nitrogens is 2. The van der Waals surface area contributed by atoms with E-state index in [1.807, 2.05) is 4.90 Å². The minimum Gasteiger partial charge on any atom is -0.484 e. The zero-order valence-electron chi connectivity index (χ0n) is 19.9. The number of benzene rings is 1. The Morgan fingerprint density at radius 3 is 2.38 bits per heavy atom. The van der Waals surface area contributed by atoms with Crippen LogP contribution in [0.3, 0.4) is 0 Å². The molecular weight excluding hydrogens is 430 g/mol. The van der Waals surface area contributed by atoms with Gasteiger partial charge in [-0.1, -0.05) is 6.42 Å².